The first-order valence-electron chi connectivity index (χ1n) is 14.2. The van der Waals surface area contributed by atoms with E-state index in [2.05, 4.69) is 66.3 Å². The second-order valence-corrected chi connectivity index (χ2v) is 12.7. The fourth-order valence-electron chi connectivity index (χ4n) is 5.32. The second kappa shape index (κ2) is 13.4. The van der Waals surface area contributed by atoms with Crippen molar-refractivity contribution in [3.8, 4) is 0 Å². The molecule has 0 radical (unpaired) electrons. The Hall–Kier alpha value is -2.92. The van der Waals surface area contributed by atoms with Gasteiger partial charge in [-0.25, -0.2) is 0 Å². The summed E-state index contributed by atoms with van der Waals surface area (Å²) in [6.45, 7) is 7.00. The summed E-state index contributed by atoms with van der Waals surface area (Å²) in [5.41, 5.74) is 4.55. The zero-order valence-electron chi connectivity index (χ0n) is 23.5. The number of aryl methyl sites for hydroxylation is 1. The average Bonchev–Trinajstić information content (AvgIpc) is 3.42. The van der Waals surface area contributed by atoms with Gasteiger partial charge in [-0.2, -0.15) is 0 Å². The molecule has 0 heterocycles. The molecule has 1 aliphatic rings. The van der Waals surface area contributed by atoms with E-state index in [1.807, 2.05) is 59.5 Å². The van der Waals surface area contributed by atoms with Crippen LogP contribution >= 0.6 is 15.9 Å². The summed E-state index contributed by atoms with van der Waals surface area (Å²) in [4.78, 5) is 29.5. The minimum atomic E-state index is -0.581. The largest absolute Gasteiger partial charge is 0.352 e. The van der Waals surface area contributed by atoms with Gasteiger partial charge in [0.05, 0.1) is 0 Å². The van der Waals surface area contributed by atoms with E-state index in [4.69, 9.17) is 0 Å². The van der Waals surface area contributed by atoms with Gasteiger partial charge in [-0.15, -0.1) is 0 Å². The predicted octanol–water partition coefficient (Wildman–Crippen LogP) is 7.38. The maximum Gasteiger partial charge on any atom is 0.243 e. The molecule has 1 aliphatic carbocycles. The van der Waals surface area contributed by atoms with Crippen LogP contribution in [0.1, 0.15) is 75.1 Å². The quantitative estimate of drug-likeness (QED) is 0.268. The van der Waals surface area contributed by atoms with Gasteiger partial charge in [-0.05, 0) is 59.1 Å². The van der Waals surface area contributed by atoms with Gasteiger partial charge in [0.15, 0.2) is 0 Å². The summed E-state index contributed by atoms with van der Waals surface area (Å²) < 4.78 is 0.960. The van der Waals surface area contributed by atoms with Crippen LogP contribution in [0.2, 0.25) is 0 Å². The molecule has 0 unspecified atom stereocenters. The van der Waals surface area contributed by atoms with E-state index in [0.29, 0.717) is 25.8 Å². The Labute approximate surface area is 242 Å². The first-order valence-corrected chi connectivity index (χ1v) is 15.0. The molecule has 0 spiro atoms. The van der Waals surface area contributed by atoms with Crippen molar-refractivity contribution in [2.75, 3.05) is 0 Å². The van der Waals surface area contributed by atoms with Crippen molar-refractivity contribution in [3.05, 3.63) is 106 Å². The summed E-state index contributed by atoms with van der Waals surface area (Å²) in [6.07, 6.45) is 5.78. The Morgan fingerprint density at radius 1 is 0.897 bits per heavy atom. The molecule has 2 amide bonds. The maximum absolute atomic E-state index is 13.9. The minimum Gasteiger partial charge on any atom is -0.352 e. The zero-order valence-corrected chi connectivity index (χ0v) is 25.0. The van der Waals surface area contributed by atoms with Crippen LogP contribution in [0.5, 0.6) is 0 Å². The number of carbonyl (C=O) groups is 2. The number of benzene rings is 3. The lowest BCUT2D eigenvalue weighted by molar-refractivity contribution is -0.141. The molecule has 39 heavy (non-hydrogen) atoms. The summed E-state index contributed by atoms with van der Waals surface area (Å²) in [7, 11) is 0. The highest BCUT2D eigenvalue weighted by Crippen LogP contribution is 2.24. The molecular formula is C34H41BrN2O2. The third-order valence-corrected chi connectivity index (χ3v) is 8.16. The van der Waals surface area contributed by atoms with Crippen LogP contribution in [-0.2, 0) is 34.4 Å². The lowest BCUT2D eigenvalue weighted by atomic mass is 9.86. The third kappa shape index (κ3) is 8.53. The number of nitrogens with one attached hydrogen (secondary N) is 1. The van der Waals surface area contributed by atoms with Gasteiger partial charge in [0, 0.05) is 29.9 Å². The first kappa shape index (κ1) is 29.1. The van der Waals surface area contributed by atoms with Crippen molar-refractivity contribution in [1.82, 2.24) is 10.2 Å². The van der Waals surface area contributed by atoms with Crippen molar-refractivity contribution in [3.63, 3.8) is 0 Å². The molecule has 5 heteroatoms. The van der Waals surface area contributed by atoms with Crippen molar-refractivity contribution >= 4 is 27.7 Å². The lowest BCUT2D eigenvalue weighted by Gasteiger charge is -2.32. The molecule has 0 saturated heterocycles. The number of hydrogen-bond acceptors (Lipinski definition) is 2. The molecule has 1 atom stereocenters. The Kier molecular flexibility index (Phi) is 10.0. The standard InChI is InChI=1S/C34H41BrN2O2/c1-34(2,3)28-19-16-25(17-20-28)18-21-32(38)37(24-27-12-9-13-29(35)22-27)31(23-26-10-5-4-6-11-26)33(39)36-30-14-7-8-15-30/h4-6,9-13,16-17,19-20,22,30-31H,7-8,14-15,18,21,23-24H2,1-3H3,(H,36,39)/t31-/m0/s1. The number of halogens is 1. The predicted molar refractivity (Wildman–Crippen MR) is 162 cm³/mol. The Morgan fingerprint density at radius 3 is 2.21 bits per heavy atom. The van der Waals surface area contributed by atoms with Crippen LogP contribution in [0, 0.1) is 0 Å². The molecule has 1 N–H and O–H groups in total. The molecular weight excluding hydrogens is 548 g/mol. The highest BCUT2D eigenvalue weighted by atomic mass is 79.9. The summed E-state index contributed by atoms with van der Waals surface area (Å²) >= 11 is 3.57. The topological polar surface area (TPSA) is 49.4 Å². The normalized spacial score (nSPS) is 14.7. The van der Waals surface area contributed by atoms with E-state index >= 15 is 0 Å². The Morgan fingerprint density at radius 2 is 1.56 bits per heavy atom. The van der Waals surface area contributed by atoms with Gasteiger partial charge in [0.1, 0.15) is 6.04 Å². The van der Waals surface area contributed by atoms with Gasteiger partial charge in [0.2, 0.25) is 11.8 Å². The van der Waals surface area contributed by atoms with Crippen molar-refractivity contribution in [2.45, 2.75) is 89.8 Å². The maximum atomic E-state index is 13.9. The van der Waals surface area contributed by atoms with Crippen molar-refractivity contribution in [1.29, 1.82) is 0 Å². The number of amides is 2. The van der Waals surface area contributed by atoms with E-state index in [1.165, 1.54) is 5.56 Å². The summed E-state index contributed by atoms with van der Waals surface area (Å²) in [6, 6.07) is 26.2. The zero-order chi connectivity index (χ0) is 27.8. The summed E-state index contributed by atoms with van der Waals surface area (Å²) in [5, 5.41) is 3.28. The van der Waals surface area contributed by atoms with Crippen LogP contribution in [0.15, 0.2) is 83.3 Å². The molecule has 0 aromatic heterocycles. The van der Waals surface area contributed by atoms with Crippen LogP contribution in [0.25, 0.3) is 0 Å². The SMILES string of the molecule is CC(C)(C)c1ccc(CCC(=O)N(Cc2cccc(Br)c2)[C@@H](Cc2ccccc2)C(=O)NC2CCCC2)cc1. The number of rotatable bonds is 10. The average molecular weight is 590 g/mol. The first-order chi connectivity index (χ1) is 18.7. The van der Waals surface area contributed by atoms with Gasteiger partial charge < -0.3 is 10.2 Å². The molecule has 4 nitrogen and oxygen atoms in total. The van der Waals surface area contributed by atoms with Gasteiger partial charge >= 0.3 is 0 Å². The smallest absolute Gasteiger partial charge is 0.243 e. The van der Waals surface area contributed by atoms with E-state index in [-0.39, 0.29) is 23.3 Å². The molecule has 206 valence electrons. The summed E-state index contributed by atoms with van der Waals surface area (Å²) in [5.74, 6) is -0.0546. The molecule has 4 rings (SSSR count). The van der Waals surface area contributed by atoms with Crippen LogP contribution in [0.4, 0.5) is 0 Å². The molecule has 3 aromatic carbocycles. The minimum absolute atomic E-state index is 0.00243. The molecule has 0 aliphatic heterocycles. The highest BCUT2D eigenvalue weighted by Gasteiger charge is 2.32. The highest BCUT2D eigenvalue weighted by molar-refractivity contribution is 9.10. The van der Waals surface area contributed by atoms with Crippen LogP contribution in [-0.4, -0.2) is 28.8 Å². The van der Waals surface area contributed by atoms with Gasteiger partial charge in [0.25, 0.3) is 0 Å². The number of carbonyl (C=O) groups excluding carboxylic acids is 2. The van der Waals surface area contributed by atoms with Crippen molar-refractivity contribution in [2.24, 2.45) is 0 Å². The Balaban J connectivity index is 1.58. The van der Waals surface area contributed by atoms with Gasteiger partial charge in [-0.3, -0.25) is 9.59 Å². The van der Waals surface area contributed by atoms with E-state index < -0.39 is 6.04 Å². The fraction of sp³-hybridized carbons (Fsp3) is 0.412. The molecule has 1 saturated carbocycles. The monoisotopic (exact) mass is 588 g/mol. The van der Waals surface area contributed by atoms with E-state index in [1.54, 1.807) is 0 Å². The number of hydrogen-bond donors (Lipinski definition) is 1. The van der Waals surface area contributed by atoms with Crippen molar-refractivity contribution < 1.29 is 9.59 Å². The van der Waals surface area contributed by atoms with Gasteiger partial charge in [-0.1, -0.05) is 116 Å². The molecule has 0 bridgehead atoms. The number of nitrogens with zero attached hydrogens (tertiary/aromatic N) is 1. The van der Waals surface area contributed by atoms with E-state index in [9.17, 15) is 9.59 Å². The van der Waals surface area contributed by atoms with Crippen LogP contribution in [0.3, 0.4) is 0 Å². The molecule has 3 aromatic rings. The lowest BCUT2D eigenvalue weighted by Crippen LogP contribution is -2.52. The van der Waals surface area contributed by atoms with E-state index in [0.717, 1.165) is 46.8 Å². The third-order valence-electron chi connectivity index (χ3n) is 7.66. The Bertz CT molecular complexity index is 1230. The second-order valence-electron chi connectivity index (χ2n) is 11.8. The van der Waals surface area contributed by atoms with Crippen LogP contribution < -0.4 is 5.32 Å². The molecule has 1 fully saturated rings. The fourth-order valence-corrected chi connectivity index (χ4v) is 5.77.